The van der Waals surface area contributed by atoms with Crippen molar-refractivity contribution < 1.29 is 24.2 Å². The Labute approximate surface area is 116 Å². The summed E-state index contributed by atoms with van der Waals surface area (Å²) in [5.41, 5.74) is -0.602. The molecule has 0 aromatic carbocycles. The Morgan fingerprint density at radius 2 is 2.20 bits per heavy atom. The lowest BCUT2D eigenvalue weighted by atomic mass is 9.97. The number of carbonyl (C=O) groups is 2. The van der Waals surface area contributed by atoms with E-state index in [0.29, 0.717) is 26.2 Å². The van der Waals surface area contributed by atoms with Crippen LogP contribution in [0.2, 0.25) is 0 Å². The molecule has 2 aliphatic heterocycles. The van der Waals surface area contributed by atoms with Crippen LogP contribution >= 0.6 is 0 Å². The zero-order valence-corrected chi connectivity index (χ0v) is 11.2. The third-order valence-electron chi connectivity index (χ3n) is 3.35. The molecule has 0 aromatic heterocycles. The van der Waals surface area contributed by atoms with E-state index in [1.54, 1.807) is 16.7 Å². The van der Waals surface area contributed by atoms with Gasteiger partial charge in [-0.3, -0.25) is 0 Å². The van der Waals surface area contributed by atoms with Crippen LogP contribution in [0.4, 0.5) is 4.79 Å². The highest BCUT2D eigenvalue weighted by atomic mass is 16.5. The van der Waals surface area contributed by atoms with Crippen LogP contribution in [0.25, 0.3) is 0 Å². The van der Waals surface area contributed by atoms with Crippen molar-refractivity contribution in [2.24, 2.45) is 0 Å². The molecule has 1 atom stereocenters. The standard InChI is InChI=1S/C12H17N3O5/c1-12(20-6-10(16)17)7-15(8-12)11(18)14-2-3-19-9(4-13)5-14/h9H,2-3,5-8H2,1H3,(H,16,17). The molecule has 2 fully saturated rings. The minimum absolute atomic E-state index is 0.162. The number of urea groups is 1. The first kappa shape index (κ1) is 14.6. The van der Waals surface area contributed by atoms with Gasteiger partial charge in [0.1, 0.15) is 12.2 Å². The van der Waals surface area contributed by atoms with Gasteiger partial charge in [-0.25, -0.2) is 9.59 Å². The Hall–Kier alpha value is -1.85. The van der Waals surface area contributed by atoms with Crippen molar-refractivity contribution in [2.75, 3.05) is 39.4 Å². The zero-order valence-electron chi connectivity index (χ0n) is 11.2. The second-order valence-corrected chi connectivity index (χ2v) is 5.21. The number of hydrogen-bond acceptors (Lipinski definition) is 5. The number of nitriles is 1. The van der Waals surface area contributed by atoms with Gasteiger partial charge < -0.3 is 24.4 Å². The van der Waals surface area contributed by atoms with Crippen LogP contribution in [0.3, 0.4) is 0 Å². The monoisotopic (exact) mass is 283 g/mol. The minimum atomic E-state index is -1.03. The molecule has 1 N–H and O–H groups in total. The Morgan fingerprint density at radius 1 is 1.50 bits per heavy atom. The van der Waals surface area contributed by atoms with Gasteiger partial charge in [0.2, 0.25) is 0 Å². The van der Waals surface area contributed by atoms with Gasteiger partial charge in [-0.1, -0.05) is 0 Å². The number of aliphatic carboxylic acids is 1. The van der Waals surface area contributed by atoms with Gasteiger partial charge in [0.25, 0.3) is 0 Å². The summed E-state index contributed by atoms with van der Waals surface area (Å²) in [5, 5.41) is 17.4. The predicted octanol–water partition coefficient (Wildman–Crippen LogP) is -0.494. The van der Waals surface area contributed by atoms with Crippen molar-refractivity contribution in [3.05, 3.63) is 0 Å². The Kier molecular flexibility index (Phi) is 4.11. The molecule has 2 heterocycles. The van der Waals surface area contributed by atoms with Crippen molar-refractivity contribution in [2.45, 2.75) is 18.6 Å². The number of amides is 2. The summed E-state index contributed by atoms with van der Waals surface area (Å²) in [4.78, 5) is 25.8. The van der Waals surface area contributed by atoms with Gasteiger partial charge >= 0.3 is 12.0 Å². The molecule has 110 valence electrons. The number of morpholine rings is 1. The number of carboxylic acids is 1. The van der Waals surface area contributed by atoms with Crippen molar-refractivity contribution in [3.8, 4) is 6.07 Å². The van der Waals surface area contributed by atoms with Crippen LogP contribution in [0.5, 0.6) is 0 Å². The fraction of sp³-hybridized carbons (Fsp3) is 0.750. The zero-order chi connectivity index (χ0) is 14.8. The first-order valence-corrected chi connectivity index (χ1v) is 6.34. The van der Waals surface area contributed by atoms with Gasteiger partial charge in [-0.15, -0.1) is 0 Å². The minimum Gasteiger partial charge on any atom is -0.480 e. The second-order valence-electron chi connectivity index (χ2n) is 5.21. The van der Waals surface area contributed by atoms with Crippen LogP contribution < -0.4 is 0 Å². The molecular formula is C12H17N3O5. The molecule has 2 aliphatic rings. The molecule has 0 saturated carbocycles. The second kappa shape index (κ2) is 5.64. The lowest BCUT2D eigenvalue weighted by molar-refractivity contribution is -0.160. The van der Waals surface area contributed by atoms with Crippen molar-refractivity contribution in [3.63, 3.8) is 0 Å². The first-order valence-electron chi connectivity index (χ1n) is 6.34. The summed E-state index contributed by atoms with van der Waals surface area (Å²) >= 11 is 0. The lowest BCUT2D eigenvalue weighted by Gasteiger charge is -2.49. The Morgan fingerprint density at radius 3 is 2.80 bits per heavy atom. The average Bonchev–Trinajstić information content (AvgIpc) is 2.41. The summed E-state index contributed by atoms with van der Waals surface area (Å²) in [5.74, 6) is -1.03. The highest BCUT2D eigenvalue weighted by Crippen LogP contribution is 2.26. The average molecular weight is 283 g/mol. The lowest BCUT2D eigenvalue weighted by Crippen LogP contribution is -2.66. The fourth-order valence-corrected chi connectivity index (χ4v) is 2.32. The smallest absolute Gasteiger partial charge is 0.329 e. The molecule has 2 amide bonds. The van der Waals surface area contributed by atoms with E-state index in [1.807, 2.05) is 6.07 Å². The fourth-order valence-electron chi connectivity index (χ4n) is 2.32. The van der Waals surface area contributed by atoms with E-state index in [1.165, 1.54) is 0 Å². The number of hydrogen-bond donors (Lipinski definition) is 1. The SMILES string of the molecule is CC1(OCC(=O)O)CN(C(=O)N2CCOC(C#N)C2)C1. The Balaban J connectivity index is 1.81. The van der Waals surface area contributed by atoms with Crippen molar-refractivity contribution >= 4 is 12.0 Å². The number of carbonyl (C=O) groups excluding carboxylic acids is 1. The van der Waals surface area contributed by atoms with Gasteiger partial charge in [-0.2, -0.15) is 5.26 Å². The molecule has 2 saturated heterocycles. The predicted molar refractivity (Wildman–Crippen MR) is 65.9 cm³/mol. The van der Waals surface area contributed by atoms with E-state index < -0.39 is 17.7 Å². The summed E-state index contributed by atoms with van der Waals surface area (Å²) in [6, 6.07) is 1.83. The highest BCUT2D eigenvalue weighted by molar-refractivity contribution is 5.76. The van der Waals surface area contributed by atoms with E-state index in [2.05, 4.69) is 0 Å². The highest BCUT2D eigenvalue weighted by Gasteiger charge is 2.44. The molecule has 8 heteroatoms. The van der Waals surface area contributed by atoms with Gasteiger partial charge in [-0.05, 0) is 6.92 Å². The maximum absolute atomic E-state index is 12.2. The van der Waals surface area contributed by atoms with E-state index in [4.69, 9.17) is 19.8 Å². The maximum Gasteiger partial charge on any atom is 0.329 e. The van der Waals surface area contributed by atoms with Gasteiger partial charge in [0, 0.05) is 6.54 Å². The summed E-state index contributed by atoms with van der Waals surface area (Å²) in [6.45, 7) is 3.19. The first-order chi connectivity index (χ1) is 9.43. The van der Waals surface area contributed by atoms with E-state index >= 15 is 0 Å². The molecule has 0 aliphatic carbocycles. The molecule has 2 rings (SSSR count). The molecule has 8 nitrogen and oxygen atoms in total. The van der Waals surface area contributed by atoms with Crippen LogP contribution in [-0.2, 0) is 14.3 Å². The molecule has 1 unspecified atom stereocenters. The molecule has 20 heavy (non-hydrogen) atoms. The quantitative estimate of drug-likeness (QED) is 0.749. The third-order valence-corrected chi connectivity index (χ3v) is 3.35. The Bertz CT molecular complexity index is 441. The van der Waals surface area contributed by atoms with E-state index in [9.17, 15) is 9.59 Å². The summed E-state index contributed by atoms with van der Waals surface area (Å²) in [6.07, 6.45) is -0.580. The molecule has 0 spiro atoms. The number of carboxylic acid groups (broad SMARTS) is 1. The van der Waals surface area contributed by atoms with Crippen molar-refractivity contribution in [1.29, 1.82) is 5.26 Å². The number of likely N-dealkylation sites (tertiary alicyclic amines) is 1. The van der Waals surface area contributed by atoms with Gasteiger partial charge in [0.05, 0.1) is 32.3 Å². The normalized spacial score (nSPS) is 24.7. The van der Waals surface area contributed by atoms with Crippen molar-refractivity contribution in [1.82, 2.24) is 9.80 Å². The third kappa shape index (κ3) is 3.18. The van der Waals surface area contributed by atoms with Gasteiger partial charge in [0.15, 0.2) is 6.10 Å². The number of ether oxygens (including phenoxy) is 2. The van der Waals surface area contributed by atoms with E-state index in [-0.39, 0.29) is 19.2 Å². The number of rotatable bonds is 3. The summed E-state index contributed by atoms with van der Waals surface area (Å²) < 4.78 is 10.4. The summed E-state index contributed by atoms with van der Waals surface area (Å²) in [7, 11) is 0. The van der Waals surface area contributed by atoms with Crippen LogP contribution in [0, 0.1) is 11.3 Å². The van der Waals surface area contributed by atoms with Crippen LogP contribution in [-0.4, -0.2) is 78.0 Å². The molecule has 0 radical (unpaired) electrons. The topological polar surface area (TPSA) is 103 Å². The maximum atomic E-state index is 12.2. The molecule has 0 bridgehead atoms. The molecule has 0 aromatic rings. The van der Waals surface area contributed by atoms with E-state index in [0.717, 1.165) is 0 Å². The van der Waals surface area contributed by atoms with Crippen LogP contribution in [0.1, 0.15) is 6.92 Å². The van der Waals surface area contributed by atoms with Crippen LogP contribution in [0.15, 0.2) is 0 Å². The number of nitrogens with zero attached hydrogens (tertiary/aromatic N) is 3. The largest absolute Gasteiger partial charge is 0.480 e. The molecular weight excluding hydrogens is 266 g/mol.